The zero-order chi connectivity index (χ0) is 36.5. The molecule has 2 atom stereocenters. The van der Waals surface area contributed by atoms with E-state index in [1.54, 1.807) is 20.8 Å². The summed E-state index contributed by atoms with van der Waals surface area (Å²) in [6.45, 7) is 20.7. The van der Waals surface area contributed by atoms with Crippen molar-refractivity contribution in [2.45, 2.75) is 129 Å². The molecule has 0 aromatic heterocycles. The Hall–Kier alpha value is -3.43. The molecule has 1 heterocycles. The molecule has 1 aliphatic heterocycles. The molecule has 1 aliphatic rings. The van der Waals surface area contributed by atoms with Crippen molar-refractivity contribution in [3.8, 4) is 5.75 Å². The van der Waals surface area contributed by atoms with Crippen molar-refractivity contribution >= 4 is 41.0 Å². The Morgan fingerprint density at radius 1 is 0.958 bits per heavy atom. The predicted molar refractivity (Wildman–Crippen MR) is 190 cm³/mol. The van der Waals surface area contributed by atoms with Gasteiger partial charge in [-0.1, -0.05) is 86.6 Å². The van der Waals surface area contributed by atoms with Gasteiger partial charge < -0.3 is 20.5 Å². The molecule has 2 aromatic rings. The molecule has 264 valence electrons. The average molecular weight is 684 g/mol. The van der Waals surface area contributed by atoms with E-state index in [1.165, 1.54) is 13.8 Å². The lowest BCUT2D eigenvalue weighted by molar-refractivity contribution is -0.148. The van der Waals surface area contributed by atoms with E-state index in [4.69, 9.17) is 26.8 Å². The third-order valence-electron chi connectivity index (χ3n) is 9.60. The van der Waals surface area contributed by atoms with Gasteiger partial charge in [-0.05, 0) is 66.8 Å². The Balaban J connectivity index is 2.02. The maximum Gasteiger partial charge on any atom is 0.419 e. The van der Waals surface area contributed by atoms with Crippen LogP contribution in [0.3, 0.4) is 0 Å². The maximum atomic E-state index is 13.8. The summed E-state index contributed by atoms with van der Waals surface area (Å²) in [7, 11) is 0. The van der Waals surface area contributed by atoms with Crippen LogP contribution < -0.4 is 15.8 Å². The molecule has 2 aromatic carbocycles. The van der Waals surface area contributed by atoms with Crippen LogP contribution in [0.5, 0.6) is 5.75 Å². The third-order valence-corrected chi connectivity index (χ3v) is 10.2. The number of benzene rings is 2. The predicted octanol–water partition coefficient (Wildman–Crippen LogP) is 7.65. The number of nitrogens with zero attached hydrogens (tertiary/aromatic N) is 1. The lowest BCUT2D eigenvalue weighted by Gasteiger charge is -2.41. The van der Waals surface area contributed by atoms with Crippen LogP contribution in [0.15, 0.2) is 42.5 Å². The van der Waals surface area contributed by atoms with Gasteiger partial charge in [0, 0.05) is 23.1 Å². The Labute approximate surface area is 291 Å². The number of hydrogen-bond donors (Lipinski definition) is 2. The Morgan fingerprint density at radius 3 is 2.02 bits per heavy atom. The number of para-hydroxylation sites is 1. The number of nitrogens with two attached hydrogens (primary N) is 1. The topological polar surface area (TPSA) is 128 Å². The van der Waals surface area contributed by atoms with Crippen LogP contribution in [-0.4, -0.2) is 51.8 Å². The molecule has 0 bridgehead atoms. The summed E-state index contributed by atoms with van der Waals surface area (Å²) in [4.78, 5) is 54.1. The van der Waals surface area contributed by atoms with Gasteiger partial charge in [0.1, 0.15) is 5.75 Å². The highest BCUT2D eigenvalue weighted by molar-refractivity contribution is 6.25. The number of alkyl halides is 1. The van der Waals surface area contributed by atoms with Crippen LogP contribution in [0.25, 0.3) is 0 Å². The molecule has 3 N–H and O–H groups in total. The van der Waals surface area contributed by atoms with E-state index in [-0.39, 0.29) is 36.2 Å². The molecule has 3 rings (SSSR count). The number of halogens is 1. The monoisotopic (exact) mass is 683 g/mol. The number of Topliss-reactive ketones (excluding diaryl/α,β-unsaturated/α-hetero) is 1. The quantitative estimate of drug-likeness (QED) is 0.196. The van der Waals surface area contributed by atoms with Gasteiger partial charge in [-0.25, -0.2) is 9.69 Å². The molecule has 1 fully saturated rings. The van der Waals surface area contributed by atoms with Crippen molar-refractivity contribution in [2.75, 3.05) is 11.9 Å². The molecule has 3 amide bonds. The number of nitrogens with one attached hydrogen (secondary N) is 1. The standard InChI is InChI=1S/C38H54ClN3O6/c1-12-35(6,7)26-23-27(36(8,9)13-2)28(21-24(26)22-30(43)41-25-17-15-14-16-18-25)47-20-19-29(39)38(40,31(44)34(3,4)5)42-32(45)37(10,11)48-33(42)46/h14-18,21,23,29H,12-13,19-20,22,40H2,1-11H3,(H,41,43). The van der Waals surface area contributed by atoms with Crippen molar-refractivity contribution in [1.82, 2.24) is 4.90 Å². The zero-order valence-corrected chi connectivity index (χ0v) is 31.3. The minimum absolute atomic E-state index is 0.0178. The Morgan fingerprint density at radius 2 is 1.52 bits per heavy atom. The van der Waals surface area contributed by atoms with Gasteiger partial charge in [0.05, 0.1) is 18.4 Å². The summed E-state index contributed by atoms with van der Waals surface area (Å²) < 4.78 is 11.7. The summed E-state index contributed by atoms with van der Waals surface area (Å²) in [6, 6.07) is 13.4. The van der Waals surface area contributed by atoms with Gasteiger partial charge in [-0.15, -0.1) is 11.6 Å². The van der Waals surface area contributed by atoms with E-state index < -0.39 is 39.8 Å². The molecule has 2 unspecified atom stereocenters. The summed E-state index contributed by atoms with van der Waals surface area (Å²) in [5.41, 5.74) is 5.10. The lowest BCUT2D eigenvalue weighted by atomic mass is 9.74. The fraction of sp³-hybridized carbons (Fsp3) is 0.579. The first-order valence-corrected chi connectivity index (χ1v) is 17.2. The number of amides is 3. The van der Waals surface area contributed by atoms with Crippen LogP contribution in [0.1, 0.15) is 112 Å². The first-order valence-electron chi connectivity index (χ1n) is 16.7. The van der Waals surface area contributed by atoms with Crippen LogP contribution >= 0.6 is 11.6 Å². The van der Waals surface area contributed by atoms with Crippen molar-refractivity contribution in [2.24, 2.45) is 11.1 Å². The summed E-state index contributed by atoms with van der Waals surface area (Å²) >= 11 is 6.92. The van der Waals surface area contributed by atoms with E-state index in [0.717, 1.165) is 29.5 Å². The van der Waals surface area contributed by atoms with Gasteiger partial charge in [0.2, 0.25) is 5.91 Å². The zero-order valence-electron chi connectivity index (χ0n) is 30.5. The number of carbonyl (C=O) groups is 4. The van der Waals surface area contributed by atoms with E-state index in [2.05, 4.69) is 52.9 Å². The van der Waals surface area contributed by atoms with Crippen molar-refractivity contribution in [1.29, 1.82) is 0 Å². The van der Waals surface area contributed by atoms with Crippen LogP contribution in [0.4, 0.5) is 10.5 Å². The second-order valence-corrected chi connectivity index (χ2v) is 16.1. The molecule has 0 aliphatic carbocycles. The Kier molecular flexibility index (Phi) is 11.5. The third kappa shape index (κ3) is 8.05. The molecule has 9 nitrogen and oxygen atoms in total. The van der Waals surface area contributed by atoms with Crippen LogP contribution in [0.2, 0.25) is 0 Å². The minimum atomic E-state index is -2.19. The second kappa shape index (κ2) is 14.2. The number of imide groups is 1. The number of cyclic esters (lactones) is 1. The van der Waals surface area contributed by atoms with Crippen molar-refractivity contribution < 1.29 is 28.7 Å². The smallest absolute Gasteiger partial charge is 0.419 e. The molecule has 0 radical (unpaired) electrons. The van der Waals surface area contributed by atoms with E-state index >= 15 is 0 Å². The van der Waals surface area contributed by atoms with Crippen molar-refractivity contribution in [3.05, 3.63) is 59.2 Å². The number of rotatable bonds is 14. The van der Waals surface area contributed by atoms with E-state index in [1.807, 2.05) is 36.4 Å². The highest BCUT2D eigenvalue weighted by Crippen LogP contribution is 2.42. The minimum Gasteiger partial charge on any atom is -0.493 e. The number of ketones is 1. The average Bonchev–Trinajstić information content (AvgIpc) is 3.21. The number of anilines is 1. The summed E-state index contributed by atoms with van der Waals surface area (Å²) in [6.07, 6.45) is 0.819. The molecule has 0 saturated carbocycles. The molecule has 48 heavy (non-hydrogen) atoms. The first kappa shape index (κ1) is 39.0. The van der Waals surface area contributed by atoms with Gasteiger partial charge in [0.25, 0.3) is 5.91 Å². The second-order valence-electron chi connectivity index (χ2n) is 15.6. The SMILES string of the molecule is CCC(C)(C)c1cc(C(C)(C)CC)c(OCCC(Cl)C(N)(C(=O)C(C)(C)C)N2C(=O)OC(C)(C)C2=O)cc1CC(=O)Nc1ccccc1. The number of carbonyl (C=O) groups excluding carboxylic acids is 4. The molecular weight excluding hydrogens is 630 g/mol. The van der Waals surface area contributed by atoms with Gasteiger partial charge in [0.15, 0.2) is 17.0 Å². The van der Waals surface area contributed by atoms with Crippen LogP contribution in [0, 0.1) is 5.41 Å². The molecule has 0 spiro atoms. The Bertz CT molecular complexity index is 1530. The van der Waals surface area contributed by atoms with Gasteiger partial charge in [-0.3, -0.25) is 14.4 Å². The molecule has 1 saturated heterocycles. The number of hydrogen-bond acceptors (Lipinski definition) is 7. The van der Waals surface area contributed by atoms with Crippen LogP contribution in [-0.2, 0) is 36.4 Å². The molecular formula is C38H54ClN3O6. The first-order chi connectivity index (χ1) is 22.0. The highest BCUT2D eigenvalue weighted by atomic mass is 35.5. The van der Waals surface area contributed by atoms with Crippen molar-refractivity contribution in [3.63, 3.8) is 0 Å². The van der Waals surface area contributed by atoms with E-state index in [0.29, 0.717) is 16.3 Å². The summed E-state index contributed by atoms with van der Waals surface area (Å²) in [5.74, 6) is -0.879. The lowest BCUT2D eigenvalue weighted by Crippen LogP contribution is -2.71. The van der Waals surface area contributed by atoms with Gasteiger partial charge >= 0.3 is 6.09 Å². The number of ether oxygens (including phenoxy) is 2. The fourth-order valence-electron chi connectivity index (χ4n) is 5.78. The maximum absolute atomic E-state index is 13.8. The molecule has 10 heteroatoms. The summed E-state index contributed by atoms with van der Waals surface area (Å²) in [5, 5.41) is 1.78. The van der Waals surface area contributed by atoms with Gasteiger partial charge in [-0.2, -0.15) is 0 Å². The normalized spacial score (nSPS) is 17.1. The largest absolute Gasteiger partial charge is 0.493 e. The highest BCUT2D eigenvalue weighted by Gasteiger charge is 2.61. The fourth-order valence-corrected chi connectivity index (χ4v) is 6.07. The van der Waals surface area contributed by atoms with E-state index in [9.17, 15) is 19.2 Å².